The van der Waals surface area contributed by atoms with Crippen molar-refractivity contribution in [1.82, 2.24) is 0 Å². The van der Waals surface area contributed by atoms with Gasteiger partial charge in [0, 0.05) is 10.8 Å². The van der Waals surface area contributed by atoms with Crippen LogP contribution in [0.5, 0.6) is 0 Å². The maximum atomic E-state index is 9.69. The van der Waals surface area contributed by atoms with Crippen molar-refractivity contribution >= 4 is 0 Å². The number of hydrogen-bond donors (Lipinski definition) is 2. The van der Waals surface area contributed by atoms with Crippen LogP contribution in [0.4, 0.5) is 0 Å². The van der Waals surface area contributed by atoms with Crippen LogP contribution in [0.1, 0.15) is 25.7 Å². The Morgan fingerprint density at radius 2 is 1.93 bits per heavy atom. The van der Waals surface area contributed by atoms with E-state index in [2.05, 4.69) is 12.2 Å². The van der Waals surface area contributed by atoms with Gasteiger partial charge in [-0.3, -0.25) is 0 Å². The quantitative estimate of drug-likeness (QED) is 0.651. The van der Waals surface area contributed by atoms with Crippen molar-refractivity contribution in [1.29, 1.82) is 0 Å². The molecule has 2 saturated carbocycles. The van der Waals surface area contributed by atoms with E-state index in [1.165, 1.54) is 19.3 Å². The Morgan fingerprint density at radius 1 is 1.14 bits per heavy atom. The molecule has 4 unspecified atom stereocenters. The number of aliphatic hydroxyl groups is 2. The summed E-state index contributed by atoms with van der Waals surface area (Å²) in [5.41, 5.74) is -0.0602. The van der Waals surface area contributed by atoms with Gasteiger partial charge in [0.05, 0.1) is 13.2 Å². The molecule has 78 valence electrons. The zero-order chi connectivity index (χ0) is 9.81. The van der Waals surface area contributed by atoms with E-state index >= 15 is 0 Å². The van der Waals surface area contributed by atoms with Crippen LogP contribution in [0.3, 0.4) is 0 Å². The van der Waals surface area contributed by atoms with Crippen LogP contribution in [0.15, 0.2) is 12.2 Å². The lowest BCUT2D eigenvalue weighted by molar-refractivity contribution is -0.0526. The van der Waals surface area contributed by atoms with E-state index in [1.54, 1.807) is 0 Å². The van der Waals surface area contributed by atoms with E-state index in [0.29, 0.717) is 11.8 Å². The van der Waals surface area contributed by atoms with E-state index in [-0.39, 0.29) is 24.0 Å². The van der Waals surface area contributed by atoms with Crippen molar-refractivity contribution in [3.63, 3.8) is 0 Å². The molecule has 2 heteroatoms. The third-order valence-electron chi connectivity index (χ3n) is 5.31. The van der Waals surface area contributed by atoms with Gasteiger partial charge in [0.15, 0.2) is 0 Å². The first-order chi connectivity index (χ1) is 6.79. The van der Waals surface area contributed by atoms with Crippen LogP contribution in [-0.4, -0.2) is 23.4 Å². The maximum Gasteiger partial charge on any atom is 0.0531 e. The van der Waals surface area contributed by atoms with Gasteiger partial charge in [-0.05, 0) is 37.5 Å². The van der Waals surface area contributed by atoms with Crippen molar-refractivity contribution in [2.24, 2.45) is 22.7 Å². The number of fused-ring (bicyclic) bond motifs is 5. The second-order valence-electron chi connectivity index (χ2n) is 5.33. The molecule has 2 nitrogen and oxygen atoms in total. The monoisotopic (exact) mass is 194 g/mol. The molecule has 0 aromatic rings. The van der Waals surface area contributed by atoms with Gasteiger partial charge in [0.1, 0.15) is 0 Å². The Balaban J connectivity index is 2.10. The molecule has 0 saturated heterocycles. The molecule has 3 aliphatic rings. The summed E-state index contributed by atoms with van der Waals surface area (Å²) in [5.74, 6) is 1.28. The maximum absolute atomic E-state index is 9.69. The van der Waals surface area contributed by atoms with Crippen molar-refractivity contribution < 1.29 is 10.2 Å². The van der Waals surface area contributed by atoms with Gasteiger partial charge >= 0.3 is 0 Å². The van der Waals surface area contributed by atoms with Gasteiger partial charge in [-0.1, -0.05) is 12.2 Å². The van der Waals surface area contributed by atoms with Gasteiger partial charge in [-0.15, -0.1) is 0 Å². The van der Waals surface area contributed by atoms with E-state index in [1.807, 2.05) is 0 Å². The third-order valence-corrected chi connectivity index (χ3v) is 5.31. The van der Waals surface area contributed by atoms with Crippen molar-refractivity contribution in [3.05, 3.63) is 12.2 Å². The van der Waals surface area contributed by atoms with Gasteiger partial charge in [-0.25, -0.2) is 0 Å². The van der Waals surface area contributed by atoms with Crippen LogP contribution >= 0.6 is 0 Å². The minimum Gasteiger partial charge on any atom is -0.396 e. The lowest BCUT2D eigenvalue weighted by Crippen LogP contribution is -2.47. The normalized spacial score (nSPS) is 54.1. The predicted octanol–water partition coefficient (Wildman–Crippen LogP) is 1.33. The second kappa shape index (κ2) is 2.61. The molecular formula is C12H18O2. The summed E-state index contributed by atoms with van der Waals surface area (Å²) in [6, 6.07) is 0. The lowest BCUT2D eigenvalue weighted by Gasteiger charge is -2.47. The molecule has 0 aromatic carbocycles. The molecule has 4 atom stereocenters. The molecule has 0 radical (unpaired) electrons. The minimum atomic E-state index is -0.0648. The number of rotatable bonds is 2. The van der Waals surface area contributed by atoms with Gasteiger partial charge < -0.3 is 10.2 Å². The molecular weight excluding hydrogens is 176 g/mol. The zero-order valence-electron chi connectivity index (χ0n) is 8.45. The summed E-state index contributed by atoms with van der Waals surface area (Å²) in [5, 5.41) is 19.4. The molecule has 0 amide bonds. The average molecular weight is 194 g/mol. The van der Waals surface area contributed by atoms with E-state index in [9.17, 15) is 10.2 Å². The first kappa shape index (κ1) is 8.93. The van der Waals surface area contributed by atoms with Crippen molar-refractivity contribution in [2.45, 2.75) is 25.7 Å². The first-order valence-electron chi connectivity index (χ1n) is 5.68. The number of hydrogen-bond acceptors (Lipinski definition) is 2. The highest BCUT2D eigenvalue weighted by Gasteiger charge is 2.66. The van der Waals surface area contributed by atoms with Crippen molar-refractivity contribution in [2.75, 3.05) is 13.2 Å². The highest BCUT2D eigenvalue weighted by atomic mass is 16.3. The van der Waals surface area contributed by atoms with Crippen LogP contribution in [-0.2, 0) is 0 Å². The Morgan fingerprint density at radius 3 is 2.57 bits per heavy atom. The lowest BCUT2D eigenvalue weighted by atomic mass is 9.58. The van der Waals surface area contributed by atoms with E-state index < -0.39 is 0 Å². The largest absolute Gasteiger partial charge is 0.396 e. The summed E-state index contributed by atoms with van der Waals surface area (Å²) in [6.45, 7) is 0.479. The standard InChI is InChI=1S/C12H18O2/c13-7-11-4-1-5-12(11,8-14)10-3-2-9(11)6-10/h1,4,9-10,13-14H,2-3,5-8H2. The fourth-order valence-corrected chi connectivity index (χ4v) is 4.56. The highest BCUT2D eigenvalue weighted by molar-refractivity contribution is 5.27. The third kappa shape index (κ3) is 0.695. The second-order valence-corrected chi connectivity index (χ2v) is 5.33. The smallest absolute Gasteiger partial charge is 0.0531 e. The molecule has 0 aromatic heterocycles. The van der Waals surface area contributed by atoms with Crippen LogP contribution in [0.2, 0.25) is 0 Å². The van der Waals surface area contributed by atoms with Crippen LogP contribution in [0.25, 0.3) is 0 Å². The Bertz CT molecular complexity index is 286. The van der Waals surface area contributed by atoms with Gasteiger partial charge in [-0.2, -0.15) is 0 Å². The van der Waals surface area contributed by atoms with Crippen molar-refractivity contribution in [3.8, 4) is 0 Å². The van der Waals surface area contributed by atoms with E-state index in [0.717, 1.165) is 6.42 Å². The molecule has 0 spiro atoms. The Kier molecular flexibility index (Phi) is 1.67. The molecule has 14 heavy (non-hydrogen) atoms. The fraction of sp³-hybridized carbons (Fsp3) is 0.833. The highest BCUT2D eigenvalue weighted by Crippen LogP contribution is 2.70. The number of aliphatic hydroxyl groups excluding tert-OH is 2. The molecule has 0 aliphatic heterocycles. The first-order valence-corrected chi connectivity index (χ1v) is 5.68. The summed E-state index contributed by atoms with van der Waals surface area (Å²) < 4.78 is 0. The molecule has 3 aliphatic carbocycles. The Labute approximate surface area is 84.6 Å². The molecule has 0 heterocycles. The van der Waals surface area contributed by atoms with Gasteiger partial charge in [0.2, 0.25) is 0 Å². The summed E-state index contributed by atoms with van der Waals surface area (Å²) in [4.78, 5) is 0. The molecule has 2 N–H and O–H groups in total. The summed E-state index contributed by atoms with van der Waals surface area (Å²) in [7, 11) is 0. The zero-order valence-corrected chi connectivity index (χ0v) is 8.45. The SMILES string of the molecule is OCC12C=CCC1(CO)C1CCC2C1. The average Bonchev–Trinajstić information content (AvgIpc) is 2.88. The fourth-order valence-electron chi connectivity index (χ4n) is 4.56. The minimum absolute atomic E-state index is 0.00463. The molecule has 2 bridgehead atoms. The van der Waals surface area contributed by atoms with Crippen LogP contribution in [0, 0.1) is 22.7 Å². The number of allylic oxidation sites excluding steroid dienone is 1. The van der Waals surface area contributed by atoms with Crippen LogP contribution < -0.4 is 0 Å². The topological polar surface area (TPSA) is 40.5 Å². The molecule has 3 rings (SSSR count). The molecule has 2 fully saturated rings. The summed E-state index contributed by atoms with van der Waals surface area (Å²) in [6.07, 6.45) is 9.09. The predicted molar refractivity (Wildman–Crippen MR) is 53.6 cm³/mol. The van der Waals surface area contributed by atoms with E-state index in [4.69, 9.17) is 0 Å². The summed E-state index contributed by atoms with van der Waals surface area (Å²) >= 11 is 0. The Hall–Kier alpha value is -0.340. The van der Waals surface area contributed by atoms with Gasteiger partial charge in [0.25, 0.3) is 0 Å².